The zero-order valence-corrected chi connectivity index (χ0v) is 13.4. The number of hydrogen-bond acceptors (Lipinski definition) is 4. The molecule has 0 spiro atoms. The molecule has 5 nitrogen and oxygen atoms in total. The highest BCUT2D eigenvalue weighted by molar-refractivity contribution is 5.62. The van der Waals surface area contributed by atoms with E-state index in [0.29, 0.717) is 17.9 Å². The molecule has 0 aliphatic heterocycles. The summed E-state index contributed by atoms with van der Waals surface area (Å²) in [5, 5.41) is 7.95. The molecule has 3 rings (SSSR count). The summed E-state index contributed by atoms with van der Waals surface area (Å²) in [5.74, 6) is 1.04. The molecule has 3 aromatic rings. The fourth-order valence-electron chi connectivity index (χ4n) is 2.34. The molecule has 0 fully saturated rings. The van der Waals surface area contributed by atoms with Gasteiger partial charge >= 0.3 is 0 Å². The van der Waals surface area contributed by atoms with Crippen LogP contribution in [0.15, 0.2) is 36.5 Å². The van der Waals surface area contributed by atoms with Crippen molar-refractivity contribution in [2.24, 2.45) is 0 Å². The van der Waals surface area contributed by atoms with Crippen molar-refractivity contribution >= 4 is 11.5 Å². The molecular weight excluding hydrogens is 274 g/mol. The van der Waals surface area contributed by atoms with Crippen LogP contribution in [0.2, 0.25) is 0 Å². The highest BCUT2D eigenvalue weighted by Gasteiger charge is 2.11. The average Bonchev–Trinajstić information content (AvgIpc) is 2.91. The number of rotatable bonds is 4. The van der Waals surface area contributed by atoms with Crippen molar-refractivity contribution in [3.63, 3.8) is 0 Å². The number of anilines is 1. The number of aromatic nitrogens is 4. The summed E-state index contributed by atoms with van der Waals surface area (Å²) in [6.07, 6.45) is 1.78. The maximum Gasteiger partial charge on any atom is 0.223 e. The van der Waals surface area contributed by atoms with Crippen LogP contribution in [-0.2, 0) is 0 Å². The lowest BCUT2D eigenvalue weighted by atomic mass is 10.1. The van der Waals surface area contributed by atoms with Crippen molar-refractivity contribution in [3.05, 3.63) is 42.2 Å². The van der Waals surface area contributed by atoms with Gasteiger partial charge in [-0.05, 0) is 44.0 Å². The van der Waals surface area contributed by atoms with Gasteiger partial charge in [-0.25, -0.2) is 14.5 Å². The minimum atomic E-state index is 0.295. The molecule has 5 heteroatoms. The van der Waals surface area contributed by atoms with Crippen LogP contribution >= 0.6 is 0 Å². The fraction of sp³-hybridized carbons (Fsp3) is 0.353. The van der Waals surface area contributed by atoms with E-state index in [9.17, 15) is 0 Å². The second kappa shape index (κ2) is 5.75. The van der Waals surface area contributed by atoms with Crippen molar-refractivity contribution < 1.29 is 0 Å². The van der Waals surface area contributed by atoms with Gasteiger partial charge in [0, 0.05) is 12.2 Å². The first-order valence-electron chi connectivity index (χ1n) is 7.63. The first-order chi connectivity index (χ1) is 10.5. The van der Waals surface area contributed by atoms with Gasteiger partial charge in [0.1, 0.15) is 0 Å². The SMILES string of the molecule is CC(C)Nc1nccc(-c2cccc3cc(C(C)C)nn23)n1. The van der Waals surface area contributed by atoms with E-state index in [1.165, 1.54) is 0 Å². The largest absolute Gasteiger partial charge is 0.352 e. The Morgan fingerprint density at radius 2 is 1.91 bits per heavy atom. The van der Waals surface area contributed by atoms with Gasteiger partial charge in [-0.1, -0.05) is 19.9 Å². The van der Waals surface area contributed by atoms with Crippen molar-refractivity contribution in [2.75, 3.05) is 5.32 Å². The van der Waals surface area contributed by atoms with Gasteiger partial charge in [0.05, 0.1) is 22.6 Å². The molecule has 0 atom stereocenters. The Bertz CT molecular complexity index is 789. The van der Waals surface area contributed by atoms with Gasteiger partial charge in [0.25, 0.3) is 0 Å². The number of nitrogens with zero attached hydrogens (tertiary/aromatic N) is 4. The lowest BCUT2D eigenvalue weighted by Gasteiger charge is -2.09. The van der Waals surface area contributed by atoms with Crippen molar-refractivity contribution in [1.82, 2.24) is 19.6 Å². The lowest BCUT2D eigenvalue weighted by molar-refractivity contribution is 0.789. The standard InChI is InChI=1S/C17H21N5/c1-11(2)15-10-13-6-5-7-16(22(13)21-15)14-8-9-18-17(20-14)19-12(3)4/h5-12H,1-4H3,(H,18,19,20). The summed E-state index contributed by atoms with van der Waals surface area (Å²) in [6, 6.07) is 10.5. The van der Waals surface area contributed by atoms with E-state index in [4.69, 9.17) is 5.10 Å². The Labute approximate surface area is 130 Å². The molecule has 22 heavy (non-hydrogen) atoms. The van der Waals surface area contributed by atoms with Gasteiger partial charge in [-0.3, -0.25) is 0 Å². The maximum atomic E-state index is 4.72. The van der Waals surface area contributed by atoms with E-state index >= 15 is 0 Å². The predicted octanol–water partition coefficient (Wildman–Crippen LogP) is 3.74. The van der Waals surface area contributed by atoms with Crippen molar-refractivity contribution in [2.45, 2.75) is 39.7 Å². The molecule has 3 aromatic heterocycles. The lowest BCUT2D eigenvalue weighted by Crippen LogP contribution is -2.12. The summed E-state index contributed by atoms with van der Waals surface area (Å²) in [7, 11) is 0. The van der Waals surface area contributed by atoms with Gasteiger partial charge in [-0.2, -0.15) is 5.10 Å². The molecule has 0 aliphatic carbocycles. The van der Waals surface area contributed by atoms with Crippen LogP contribution in [0.3, 0.4) is 0 Å². The third kappa shape index (κ3) is 2.79. The average molecular weight is 295 g/mol. The molecule has 0 aliphatic rings. The number of hydrogen-bond donors (Lipinski definition) is 1. The molecule has 3 heterocycles. The molecule has 0 unspecified atom stereocenters. The number of fused-ring (bicyclic) bond motifs is 1. The van der Waals surface area contributed by atoms with Gasteiger partial charge in [-0.15, -0.1) is 0 Å². The third-order valence-corrected chi connectivity index (χ3v) is 3.43. The van der Waals surface area contributed by atoms with Crippen LogP contribution in [0, 0.1) is 0 Å². The van der Waals surface area contributed by atoms with E-state index < -0.39 is 0 Å². The molecule has 0 bridgehead atoms. The minimum absolute atomic E-state index is 0.295. The number of pyridine rings is 1. The topological polar surface area (TPSA) is 55.1 Å². The Morgan fingerprint density at radius 1 is 1.09 bits per heavy atom. The zero-order chi connectivity index (χ0) is 15.7. The van der Waals surface area contributed by atoms with Crippen molar-refractivity contribution in [1.29, 1.82) is 0 Å². The smallest absolute Gasteiger partial charge is 0.223 e. The molecule has 0 amide bonds. The minimum Gasteiger partial charge on any atom is -0.352 e. The molecule has 114 valence electrons. The summed E-state index contributed by atoms with van der Waals surface area (Å²) in [4.78, 5) is 8.87. The summed E-state index contributed by atoms with van der Waals surface area (Å²) in [5.41, 5.74) is 4.00. The first-order valence-corrected chi connectivity index (χ1v) is 7.63. The summed E-state index contributed by atoms with van der Waals surface area (Å²) < 4.78 is 1.96. The Hall–Kier alpha value is -2.43. The second-order valence-electron chi connectivity index (χ2n) is 6.04. The number of nitrogens with one attached hydrogen (secondary N) is 1. The van der Waals surface area contributed by atoms with E-state index in [0.717, 1.165) is 22.6 Å². The normalized spacial score (nSPS) is 11.5. The third-order valence-electron chi connectivity index (χ3n) is 3.43. The van der Waals surface area contributed by atoms with Crippen LogP contribution in [0.4, 0.5) is 5.95 Å². The van der Waals surface area contributed by atoms with E-state index in [2.05, 4.69) is 55.1 Å². The maximum absolute atomic E-state index is 4.72. The molecule has 0 saturated heterocycles. The highest BCUT2D eigenvalue weighted by Crippen LogP contribution is 2.22. The first kappa shape index (κ1) is 14.5. The van der Waals surface area contributed by atoms with Crippen LogP contribution in [0.25, 0.3) is 16.9 Å². The summed E-state index contributed by atoms with van der Waals surface area (Å²) >= 11 is 0. The van der Waals surface area contributed by atoms with Crippen LogP contribution in [-0.4, -0.2) is 25.6 Å². The molecule has 0 saturated carbocycles. The molecule has 0 radical (unpaired) electrons. The van der Waals surface area contributed by atoms with Crippen molar-refractivity contribution in [3.8, 4) is 11.4 Å². The van der Waals surface area contributed by atoms with Gasteiger partial charge in [0.15, 0.2) is 0 Å². The Morgan fingerprint density at radius 3 is 2.64 bits per heavy atom. The quantitative estimate of drug-likeness (QED) is 0.796. The Balaban J connectivity index is 2.09. The fourth-order valence-corrected chi connectivity index (χ4v) is 2.34. The molecule has 1 N–H and O–H groups in total. The molecule has 0 aromatic carbocycles. The van der Waals surface area contributed by atoms with Gasteiger partial charge in [0.2, 0.25) is 5.95 Å². The monoisotopic (exact) mass is 295 g/mol. The van der Waals surface area contributed by atoms with E-state index in [1.807, 2.05) is 22.7 Å². The van der Waals surface area contributed by atoms with Crippen LogP contribution < -0.4 is 5.32 Å². The van der Waals surface area contributed by atoms with E-state index in [1.54, 1.807) is 6.20 Å². The summed E-state index contributed by atoms with van der Waals surface area (Å²) in [6.45, 7) is 8.44. The second-order valence-corrected chi connectivity index (χ2v) is 6.04. The Kier molecular flexibility index (Phi) is 3.79. The highest BCUT2D eigenvalue weighted by atomic mass is 15.2. The molecular formula is C17H21N5. The van der Waals surface area contributed by atoms with E-state index in [-0.39, 0.29) is 0 Å². The van der Waals surface area contributed by atoms with Crippen LogP contribution in [0.1, 0.15) is 39.3 Å². The van der Waals surface area contributed by atoms with Crippen LogP contribution in [0.5, 0.6) is 0 Å². The van der Waals surface area contributed by atoms with Gasteiger partial charge < -0.3 is 5.32 Å². The zero-order valence-electron chi connectivity index (χ0n) is 13.4. The predicted molar refractivity (Wildman–Crippen MR) is 89.1 cm³/mol.